The maximum Gasteiger partial charge on any atom is 0.248 e. The van der Waals surface area contributed by atoms with E-state index >= 15 is 0 Å². The topological polar surface area (TPSA) is 54.9 Å². The van der Waals surface area contributed by atoms with E-state index in [9.17, 15) is 4.79 Å². The van der Waals surface area contributed by atoms with Gasteiger partial charge in [-0.3, -0.25) is 14.7 Å². The van der Waals surface area contributed by atoms with Gasteiger partial charge in [-0.2, -0.15) is 0 Å². The van der Waals surface area contributed by atoms with Crippen LogP contribution in [0, 0.1) is 5.92 Å². The third-order valence-electron chi connectivity index (χ3n) is 4.94. The number of rotatable bonds is 6. The molecule has 2 fully saturated rings. The van der Waals surface area contributed by atoms with Gasteiger partial charge in [0, 0.05) is 45.6 Å². The molecule has 1 amide bonds. The second-order valence-corrected chi connectivity index (χ2v) is 6.95. The predicted octanol–water partition coefficient (Wildman–Crippen LogP) is 1.17. The second kappa shape index (κ2) is 8.05. The quantitative estimate of drug-likeness (QED) is 0.782. The van der Waals surface area contributed by atoms with Crippen LogP contribution in [0.2, 0.25) is 0 Å². The molecule has 0 radical (unpaired) electrons. The van der Waals surface area contributed by atoms with Crippen LogP contribution in [0.3, 0.4) is 0 Å². The molecule has 0 aromatic carbocycles. The molecule has 1 aliphatic heterocycles. The zero-order chi connectivity index (χ0) is 16.9. The van der Waals surface area contributed by atoms with Gasteiger partial charge in [0.15, 0.2) is 0 Å². The van der Waals surface area contributed by atoms with Crippen molar-refractivity contribution in [1.82, 2.24) is 14.8 Å². The van der Waals surface area contributed by atoms with Crippen molar-refractivity contribution in [2.45, 2.75) is 31.5 Å². The second-order valence-electron chi connectivity index (χ2n) is 6.95. The summed E-state index contributed by atoms with van der Waals surface area (Å²) in [6, 6.07) is 4.55. The fourth-order valence-electron chi connectivity index (χ4n) is 3.63. The van der Waals surface area contributed by atoms with E-state index in [0.717, 1.165) is 32.5 Å². The van der Waals surface area contributed by atoms with Gasteiger partial charge in [-0.05, 0) is 30.4 Å². The van der Waals surface area contributed by atoms with Crippen molar-refractivity contribution in [2.75, 3.05) is 40.5 Å². The first-order chi connectivity index (χ1) is 11.6. The normalized spacial score (nSPS) is 27.0. The van der Waals surface area contributed by atoms with Crippen molar-refractivity contribution in [3.05, 3.63) is 30.1 Å². The molecule has 0 spiro atoms. The summed E-state index contributed by atoms with van der Waals surface area (Å²) in [7, 11) is 3.50. The number of fused-ring (bicyclic) bond motifs is 1. The van der Waals surface area contributed by atoms with Gasteiger partial charge in [0.25, 0.3) is 0 Å². The summed E-state index contributed by atoms with van der Waals surface area (Å²) in [5, 5.41) is 0. The van der Waals surface area contributed by atoms with Gasteiger partial charge < -0.3 is 14.4 Å². The monoisotopic (exact) mass is 333 g/mol. The molecular formula is C18H27N3O3. The van der Waals surface area contributed by atoms with Crippen LogP contribution in [-0.4, -0.2) is 73.3 Å². The predicted molar refractivity (Wildman–Crippen MR) is 90.4 cm³/mol. The van der Waals surface area contributed by atoms with Crippen molar-refractivity contribution < 1.29 is 14.3 Å². The van der Waals surface area contributed by atoms with E-state index in [-0.39, 0.29) is 18.6 Å². The number of ether oxygens (including phenoxy) is 2. The van der Waals surface area contributed by atoms with Gasteiger partial charge in [0.05, 0.1) is 19.3 Å². The lowest BCUT2D eigenvalue weighted by Crippen LogP contribution is -2.47. The van der Waals surface area contributed by atoms with Crippen LogP contribution >= 0.6 is 0 Å². The Morgan fingerprint density at radius 2 is 2.33 bits per heavy atom. The highest BCUT2D eigenvalue weighted by Gasteiger charge is 2.40. The molecule has 6 nitrogen and oxygen atoms in total. The maximum atomic E-state index is 11.6. The first-order valence-corrected chi connectivity index (χ1v) is 8.66. The number of likely N-dealkylation sites (N-methyl/N-ethyl adjacent to an activating group) is 1. The van der Waals surface area contributed by atoms with Crippen molar-refractivity contribution in [3.63, 3.8) is 0 Å². The lowest BCUT2D eigenvalue weighted by atomic mass is 10.1. The number of pyridine rings is 1. The molecule has 6 heteroatoms. The molecule has 0 N–H and O–H groups in total. The molecule has 2 heterocycles. The molecule has 2 aliphatic rings. The summed E-state index contributed by atoms with van der Waals surface area (Å²) in [5.41, 5.74) is 1.24. The molecule has 3 rings (SSSR count). The molecule has 3 atom stereocenters. The number of carbonyl (C=O) groups excluding carboxylic acids is 1. The fourth-order valence-corrected chi connectivity index (χ4v) is 3.63. The molecular weight excluding hydrogens is 306 g/mol. The average Bonchev–Trinajstić information content (AvgIpc) is 2.99. The highest BCUT2D eigenvalue weighted by atomic mass is 16.5. The van der Waals surface area contributed by atoms with Crippen LogP contribution < -0.4 is 0 Å². The largest absolute Gasteiger partial charge is 0.375 e. The number of carbonyl (C=O) groups is 1. The third kappa shape index (κ3) is 4.32. The number of nitrogens with zero attached hydrogens (tertiary/aromatic N) is 3. The molecule has 0 bridgehead atoms. The molecule has 1 saturated carbocycles. The van der Waals surface area contributed by atoms with Crippen molar-refractivity contribution in [1.29, 1.82) is 0 Å². The molecule has 1 saturated heterocycles. The van der Waals surface area contributed by atoms with E-state index < -0.39 is 0 Å². The van der Waals surface area contributed by atoms with Gasteiger partial charge in [0.1, 0.15) is 6.61 Å². The molecule has 1 aromatic heterocycles. The zero-order valence-corrected chi connectivity index (χ0v) is 14.6. The van der Waals surface area contributed by atoms with Crippen LogP contribution in [0.4, 0.5) is 0 Å². The molecule has 1 unspecified atom stereocenters. The third-order valence-corrected chi connectivity index (χ3v) is 4.94. The highest BCUT2D eigenvalue weighted by Crippen LogP contribution is 2.35. The van der Waals surface area contributed by atoms with Crippen molar-refractivity contribution in [2.24, 2.45) is 5.92 Å². The summed E-state index contributed by atoms with van der Waals surface area (Å²) in [4.78, 5) is 19.9. The van der Waals surface area contributed by atoms with Gasteiger partial charge in [0.2, 0.25) is 5.91 Å². The Balaban J connectivity index is 1.50. The Morgan fingerprint density at radius 1 is 1.46 bits per heavy atom. The van der Waals surface area contributed by atoms with Gasteiger partial charge >= 0.3 is 0 Å². The average molecular weight is 333 g/mol. The minimum atomic E-state index is 0.0138. The molecule has 1 aromatic rings. The SMILES string of the molecule is CN(C)C(=O)COCC1C[C@@H]2OCCN(Cc3cccnc3)[C@H]2C1. The number of morpholine rings is 1. The lowest BCUT2D eigenvalue weighted by Gasteiger charge is -2.37. The number of aromatic nitrogens is 1. The van der Waals surface area contributed by atoms with Crippen LogP contribution in [0.15, 0.2) is 24.5 Å². The Labute approximate surface area is 143 Å². The minimum Gasteiger partial charge on any atom is -0.375 e. The summed E-state index contributed by atoms with van der Waals surface area (Å²) >= 11 is 0. The standard InChI is InChI=1S/C18H27N3O3/c1-20(2)18(22)13-23-12-15-8-16-17(9-15)24-7-6-21(16)11-14-4-3-5-19-10-14/h3-5,10,15-17H,6-9,11-13H2,1-2H3/t15?,16-,17-/m0/s1. The molecule has 24 heavy (non-hydrogen) atoms. The van der Waals surface area contributed by atoms with Crippen molar-refractivity contribution in [3.8, 4) is 0 Å². The Morgan fingerprint density at radius 3 is 3.08 bits per heavy atom. The first kappa shape index (κ1) is 17.3. The molecule has 1 aliphatic carbocycles. The van der Waals surface area contributed by atoms with Gasteiger partial charge in [-0.15, -0.1) is 0 Å². The Kier molecular flexibility index (Phi) is 5.81. The van der Waals surface area contributed by atoms with E-state index in [0.29, 0.717) is 18.6 Å². The van der Waals surface area contributed by atoms with Crippen LogP contribution in [0.1, 0.15) is 18.4 Å². The van der Waals surface area contributed by atoms with Crippen LogP contribution in [0.25, 0.3) is 0 Å². The van der Waals surface area contributed by atoms with Gasteiger partial charge in [-0.25, -0.2) is 0 Å². The zero-order valence-electron chi connectivity index (χ0n) is 14.6. The Hall–Kier alpha value is -1.50. The Bertz CT molecular complexity index is 538. The number of amides is 1. The smallest absolute Gasteiger partial charge is 0.248 e. The summed E-state index contributed by atoms with van der Waals surface area (Å²) in [6.45, 7) is 3.47. The van der Waals surface area contributed by atoms with E-state index in [1.54, 1.807) is 19.0 Å². The van der Waals surface area contributed by atoms with Crippen LogP contribution in [-0.2, 0) is 20.8 Å². The number of hydrogen-bond donors (Lipinski definition) is 0. The lowest BCUT2D eigenvalue weighted by molar-refractivity contribution is -0.134. The van der Waals surface area contributed by atoms with E-state index in [4.69, 9.17) is 9.47 Å². The van der Waals surface area contributed by atoms with Crippen LogP contribution in [0.5, 0.6) is 0 Å². The fraction of sp³-hybridized carbons (Fsp3) is 0.667. The maximum absolute atomic E-state index is 11.6. The molecule has 132 valence electrons. The first-order valence-electron chi connectivity index (χ1n) is 8.66. The van der Waals surface area contributed by atoms with Gasteiger partial charge in [-0.1, -0.05) is 6.07 Å². The van der Waals surface area contributed by atoms with E-state index in [1.807, 2.05) is 18.5 Å². The van der Waals surface area contributed by atoms with E-state index in [2.05, 4.69) is 16.0 Å². The number of hydrogen-bond acceptors (Lipinski definition) is 5. The minimum absolute atomic E-state index is 0.0138. The summed E-state index contributed by atoms with van der Waals surface area (Å²) < 4.78 is 11.6. The summed E-state index contributed by atoms with van der Waals surface area (Å²) in [6.07, 6.45) is 6.12. The highest BCUT2D eigenvalue weighted by molar-refractivity contribution is 5.76. The summed E-state index contributed by atoms with van der Waals surface area (Å²) in [5.74, 6) is 0.476. The van der Waals surface area contributed by atoms with Crippen molar-refractivity contribution >= 4 is 5.91 Å². The van der Waals surface area contributed by atoms with E-state index in [1.165, 1.54) is 5.56 Å².